The van der Waals surface area contributed by atoms with Crippen LogP contribution in [0.2, 0.25) is 5.02 Å². The molecule has 0 amide bonds. The predicted molar refractivity (Wildman–Crippen MR) is 74.0 cm³/mol. The summed E-state index contributed by atoms with van der Waals surface area (Å²) >= 11 is 11.2. The van der Waals surface area contributed by atoms with Gasteiger partial charge in [0.25, 0.3) is 0 Å². The largest absolute Gasteiger partial charge is 0.297 e. The first-order chi connectivity index (χ1) is 8.63. The summed E-state index contributed by atoms with van der Waals surface area (Å²) in [6, 6.07) is 7.94. The number of carbonyl (C=O) groups excluding carboxylic acids is 1. The summed E-state index contributed by atoms with van der Waals surface area (Å²) in [7, 11) is 0. The molecule has 3 nitrogen and oxygen atoms in total. The minimum absolute atomic E-state index is 0.277. The molecule has 0 radical (unpaired) electrons. The van der Waals surface area contributed by atoms with Crippen molar-refractivity contribution in [2.45, 2.75) is 6.54 Å². The van der Waals surface area contributed by atoms with Crippen LogP contribution in [-0.4, -0.2) is 47.8 Å². The van der Waals surface area contributed by atoms with Crippen LogP contribution in [0.25, 0.3) is 0 Å². The fourth-order valence-electron chi connectivity index (χ4n) is 2.13. The Morgan fingerprint density at radius 1 is 1.06 bits per heavy atom. The molecule has 0 unspecified atom stereocenters. The molecule has 0 aliphatic carbocycles. The Hall–Kier alpha value is -0.610. The maximum Gasteiger partial charge on any atom is 0.235 e. The Balaban J connectivity index is 1.79. The number of carbonyl (C=O) groups is 1. The number of rotatable bonds is 4. The molecule has 0 atom stereocenters. The summed E-state index contributed by atoms with van der Waals surface area (Å²) < 4.78 is 0. The van der Waals surface area contributed by atoms with Crippen molar-refractivity contribution in [2.75, 3.05) is 32.7 Å². The Morgan fingerprint density at radius 2 is 1.61 bits per heavy atom. The summed E-state index contributed by atoms with van der Waals surface area (Å²) in [4.78, 5) is 15.3. The SMILES string of the molecule is O=C(Cl)CN1CCN(Cc2ccc(Cl)cc2)CC1. The standard InChI is InChI=1S/C13H16Cl2N2O/c14-12-3-1-11(2-4-12)9-16-5-7-17(8-6-16)10-13(15)18/h1-4H,5-10H2. The van der Waals surface area contributed by atoms with Crippen molar-refractivity contribution in [1.29, 1.82) is 0 Å². The van der Waals surface area contributed by atoms with Crippen molar-refractivity contribution in [3.05, 3.63) is 34.9 Å². The van der Waals surface area contributed by atoms with E-state index in [2.05, 4.69) is 21.9 Å². The average molecular weight is 287 g/mol. The van der Waals surface area contributed by atoms with E-state index in [1.165, 1.54) is 5.56 Å². The molecular weight excluding hydrogens is 271 g/mol. The average Bonchev–Trinajstić information content (AvgIpc) is 2.34. The normalized spacial score (nSPS) is 17.9. The summed E-state index contributed by atoms with van der Waals surface area (Å²) in [6.07, 6.45) is 0. The number of hydrogen-bond donors (Lipinski definition) is 0. The van der Waals surface area contributed by atoms with Crippen molar-refractivity contribution in [3.63, 3.8) is 0 Å². The van der Waals surface area contributed by atoms with Crippen LogP contribution in [0, 0.1) is 0 Å². The monoisotopic (exact) mass is 286 g/mol. The zero-order valence-electron chi connectivity index (χ0n) is 10.1. The lowest BCUT2D eigenvalue weighted by atomic mass is 10.2. The molecule has 1 fully saturated rings. The van der Waals surface area contributed by atoms with Gasteiger partial charge >= 0.3 is 0 Å². The van der Waals surface area contributed by atoms with Gasteiger partial charge in [-0.25, -0.2) is 0 Å². The molecule has 0 bridgehead atoms. The second-order valence-corrected chi connectivity index (χ2v) is 5.39. The van der Waals surface area contributed by atoms with Crippen LogP contribution in [-0.2, 0) is 11.3 Å². The molecule has 1 saturated heterocycles. The van der Waals surface area contributed by atoms with Crippen LogP contribution in [0.4, 0.5) is 0 Å². The second-order valence-electron chi connectivity index (χ2n) is 4.53. The van der Waals surface area contributed by atoms with E-state index in [-0.39, 0.29) is 5.24 Å². The number of hydrogen-bond acceptors (Lipinski definition) is 3. The van der Waals surface area contributed by atoms with E-state index in [1.54, 1.807) is 0 Å². The molecule has 1 heterocycles. The highest BCUT2D eigenvalue weighted by Gasteiger charge is 2.18. The van der Waals surface area contributed by atoms with Crippen LogP contribution >= 0.6 is 23.2 Å². The smallest absolute Gasteiger partial charge is 0.235 e. The number of benzene rings is 1. The first kappa shape index (κ1) is 13.8. The minimum Gasteiger partial charge on any atom is -0.297 e. The highest BCUT2D eigenvalue weighted by molar-refractivity contribution is 6.64. The summed E-state index contributed by atoms with van der Waals surface area (Å²) in [5, 5.41) is 0.491. The van der Waals surface area contributed by atoms with E-state index in [4.69, 9.17) is 23.2 Å². The molecule has 98 valence electrons. The first-order valence-corrected chi connectivity index (χ1v) is 6.76. The third-order valence-electron chi connectivity index (χ3n) is 3.13. The topological polar surface area (TPSA) is 23.6 Å². The Morgan fingerprint density at radius 3 is 2.17 bits per heavy atom. The summed E-state index contributed by atoms with van der Waals surface area (Å²) in [5.74, 6) is 0. The lowest BCUT2D eigenvalue weighted by Crippen LogP contribution is -2.46. The zero-order chi connectivity index (χ0) is 13.0. The van der Waals surface area contributed by atoms with Gasteiger partial charge in [0.2, 0.25) is 5.24 Å². The molecule has 1 aliphatic rings. The minimum atomic E-state index is -0.277. The highest BCUT2D eigenvalue weighted by atomic mass is 35.5. The lowest BCUT2D eigenvalue weighted by molar-refractivity contribution is -0.113. The van der Waals surface area contributed by atoms with Crippen LogP contribution < -0.4 is 0 Å². The number of nitrogens with zero attached hydrogens (tertiary/aromatic N) is 2. The molecule has 1 aliphatic heterocycles. The number of piperazine rings is 1. The van der Waals surface area contributed by atoms with Gasteiger partial charge in [-0.05, 0) is 29.3 Å². The molecule has 1 aromatic rings. The van der Waals surface area contributed by atoms with Gasteiger partial charge in [-0.15, -0.1) is 0 Å². The summed E-state index contributed by atoms with van der Waals surface area (Å²) in [5.41, 5.74) is 1.27. The maximum atomic E-state index is 10.8. The number of halogens is 2. The Kier molecular flexibility index (Phi) is 5.01. The molecule has 1 aromatic carbocycles. The highest BCUT2D eigenvalue weighted by Crippen LogP contribution is 2.12. The maximum absolute atomic E-state index is 10.8. The van der Waals surface area contributed by atoms with Gasteiger partial charge in [-0.3, -0.25) is 14.6 Å². The molecule has 0 aromatic heterocycles. The van der Waals surface area contributed by atoms with Crippen molar-refractivity contribution < 1.29 is 4.79 Å². The fraction of sp³-hybridized carbons (Fsp3) is 0.462. The first-order valence-electron chi connectivity index (χ1n) is 6.01. The van der Waals surface area contributed by atoms with Gasteiger partial charge in [0.15, 0.2) is 0 Å². The fourth-order valence-corrected chi connectivity index (χ4v) is 2.42. The quantitative estimate of drug-likeness (QED) is 0.793. The summed E-state index contributed by atoms with van der Waals surface area (Å²) in [6.45, 7) is 5.01. The van der Waals surface area contributed by atoms with Gasteiger partial charge in [0, 0.05) is 37.7 Å². The van der Waals surface area contributed by atoms with E-state index < -0.39 is 0 Å². The molecule has 0 saturated carbocycles. The van der Waals surface area contributed by atoms with Crippen molar-refractivity contribution in [1.82, 2.24) is 9.80 Å². The van der Waals surface area contributed by atoms with E-state index >= 15 is 0 Å². The van der Waals surface area contributed by atoms with Gasteiger partial charge < -0.3 is 0 Å². The van der Waals surface area contributed by atoms with Gasteiger partial charge in [-0.1, -0.05) is 23.7 Å². The third kappa shape index (κ3) is 4.25. The van der Waals surface area contributed by atoms with Crippen molar-refractivity contribution in [2.24, 2.45) is 0 Å². The van der Waals surface area contributed by atoms with E-state index in [0.717, 1.165) is 37.7 Å². The Labute approximate surface area is 117 Å². The lowest BCUT2D eigenvalue weighted by Gasteiger charge is -2.33. The van der Waals surface area contributed by atoms with E-state index in [9.17, 15) is 4.79 Å². The molecule has 0 spiro atoms. The molecule has 2 rings (SSSR count). The molecule has 18 heavy (non-hydrogen) atoms. The van der Waals surface area contributed by atoms with Gasteiger partial charge in [0.1, 0.15) is 0 Å². The third-order valence-corrected chi connectivity index (χ3v) is 3.50. The van der Waals surface area contributed by atoms with Crippen LogP contribution in [0.5, 0.6) is 0 Å². The van der Waals surface area contributed by atoms with Gasteiger partial charge in [-0.2, -0.15) is 0 Å². The van der Waals surface area contributed by atoms with Crippen LogP contribution in [0.15, 0.2) is 24.3 Å². The predicted octanol–water partition coefficient (Wildman–Crippen LogP) is 2.22. The van der Waals surface area contributed by atoms with Crippen molar-refractivity contribution >= 4 is 28.4 Å². The van der Waals surface area contributed by atoms with Crippen LogP contribution in [0.3, 0.4) is 0 Å². The van der Waals surface area contributed by atoms with Gasteiger partial charge in [0.05, 0.1) is 6.54 Å². The molecule has 5 heteroatoms. The molecule has 0 N–H and O–H groups in total. The zero-order valence-corrected chi connectivity index (χ0v) is 11.6. The van der Waals surface area contributed by atoms with Crippen molar-refractivity contribution in [3.8, 4) is 0 Å². The second kappa shape index (κ2) is 6.53. The molecular formula is C13H16Cl2N2O. The van der Waals surface area contributed by atoms with E-state index in [1.807, 2.05) is 12.1 Å². The van der Waals surface area contributed by atoms with E-state index in [0.29, 0.717) is 6.54 Å². The Bertz CT molecular complexity index is 400. The van der Waals surface area contributed by atoms with Crippen LogP contribution in [0.1, 0.15) is 5.56 Å².